The number of hydrogen-bond donors (Lipinski definition) is 0. The van der Waals surface area contributed by atoms with Crippen molar-refractivity contribution in [2.45, 2.75) is 5.88 Å². The molecular formula is C15H17ClN4. The maximum Gasteiger partial charge on any atom is 0.151 e. The smallest absolute Gasteiger partial charge is 0.151 e. The van der Waals surface area contributed by atoms with Crippen LogP contribution in [0.3, 0.4) is 0 Å². The zero-order valence-corrected chi connectivity index (χ0v) is 12.0. The topological polar surface area (TPSA) is 32.3 Å². The largest absolute Gasteiger partial charge is 0.368 e. The first-order valence-electron chi connectivity index (χ1n) is 6.80. The molecule has 20 heavy (non-hydrogen) atoms. The van der Waals surface area contributed by atoms with Gasteiger partial charge in [0, 0.05) is 31.9 Å². The molecule has 5 heteroatoms. The van der Waals surface area contributed by atoms with Crippen LogP contribution in [0.2, 0.25) is 0 Å². The van der Waals surface area contributed by atoms with E-state index in [1.54, 1.807) is 0 Å². The standard InChI is InChI=1S/C15H17ClN4/c16-12-13-6-7-15(18-17-13)20-10-8-19(9-11-20)14-4-2-1-3-5-14/h1-7H,8-12H2. The summed E-state index contributed by atoms with van der Waals surface area (Å²) in [4.78, 5) is 4.67. The van der Waals surface area contributed by atoms with E-state index >= 15 is 0 Å². The monoisotopic (exact) mass is 288 g/mol. The number of rotatable bonds is 3. The van der Waals surface area contributed by atoms with E-state index in [1.807, 2.05) is 18.2 Å². The fraction of sp³-hybridized carbons (Fsp3) is 0.333. The van der Waals surface area contributed by atoms with Crippen LogP contribution in [0, 0.1) is 0 Å². The molecular weight excluding hydrogens is 272 g/mol. The van der Waals surface area contributed by atoms with Gasteiger partial charge in [0.25, 0.3) is 0 Å². The summed E-state index contributed by atoms with van der Waals surface area (Å²) in [6.45, 7) is 3.93. The number of nitrogens with zero attached hydrogens (tertiary/aromatic N) is 4. The molecule has 0 unspecified atom stereocenters. The van der Waals surface area contributed by atoms with Gasteiger partial charge in [-0.1, -0.05) is 18.2 Å². The predicted molar refractivity (Wildman–Crippen MR) is 82.5 cm³/mol. The van der Waals surface area contributed by atoms with E-state index in [0.29, 0.717) is 5.88 Å². The molecule has 1 aliphatic heterocycles. The Hall–Kier alpha value is -1.81. The van der Waals surface area contributed by atoms with Crippen molar-refractivity contribution in [3.8, 4) is 0 Å². The van der Waals surface area contributed by atoms with Crippen LogP contribution in [0.1, 0.15) is 5.69 Å². The molecule has 1 aliphatic rings. The van der Waals surface area contributed by atoms with Crippen LogP contribution in [-0.2, 0) is 5.88 Å². The molecule has 0 bridgehead atoms. The number of para-hydroxylation sites is 1. The molecule has 0 atom stereocenters. The molecule has 0 spiro atoms. The summed E-state index contributed by atoms with van der Waals surface area (Å²) >= 11 is 5.73. The third kappa shape index (κ3) is 2.85. The number of aromatic nitrogens is 2. The first-order chi connectivity index (χ1) is 9.86. The summed E-state index contributed by atoms with van der Waals surface area (Å²) in [6, 6.07) is 14.5. The van der Waals surface area contributed by atoms with Crippen molar-refractivity contribution in [2.75, 3.05) is 36.0 Å². The van der Waals surface area contributed by atoms with Crippen LogP contribution in [0.5, 0.6) is 0 Å². The predicted octanol–water partition coefficient (Wildman–Crippen LogP) is 2.54. The summed E-state index contributed by atoms with van der Waals surface area (Å²) in [6.07, 6.45) is 0. The third-order valence-corrected chi connectivity index (χ3v) is 3.84. The Morgan fingerprint density at radius 1 is 0.850 bits per heavy atom. The molecule has 0 amide bonds. The van der Waals surface area contributed by atoms with Crippen molar-refractivity contribution in [1.82, 2.24) is 10.2 Å². The van der Waals surface area contributed by atoms with E-state index < -0.39 is 0 Å². The van der Waals surface area contributed by atoms with Gasteiger partial charge in [0.05, 0.1) is 11.6 Å². The average Bonchev–Trinajstić information content (AvgIpc) is 2.56. The zero-order chi connectivity index (χ0) is 13.8. The van der Waals surface area contributed by atoms with Gasteiger partial charge in [-0.2, -0.15) is 5.10 Å². The number of piperazine rings is 1. The van der Waals surface area contributed by atoms with Gasteiger partial charge in [0.2, 0.25) is 0 Å². The maximum absolute atomic E-state index is 5.73. The summed E-state index contributed by atoms with van der Waals surface area (Å²) in [5.74, 6) is 1.35. The number of hydrogen-bond acceptors (Lipinski definition) is 4. The van der Waals surface area contributed by atoms with Crippen molar-refractivity contribution in [3.63, 3.8) is 0 Å². The Morgan fingerprint density at radius 2 is 1.55 bits per heavy atom. The van der Waals surface area contributed by atoms with E-state index in [1.165, 1.54) is 5.69 Å². The van der Waals surface area contributed by atoms with Crippen LogP contribution in [0.4, 0.5) is 11.5 Å². The fourth-order valence-electron chi connectivity index (χ4n) is 2.43. The van der Waals surface area contributed by atoms with Crippen molar-refractivity contribution in [2.24, 2.45) is 0 Å². The van der Waals surface area contributed by atoms with E-state index in [4.69, 9.17) is 11.6 Å². The molecule has 104 valence electrons. The number of halogens is 1. The second-order valence-electron chi connectivity index (χ2n) is 4.83. The van der Waals surface area contributed by atoms with Gasteiger partial charge in [0.15, 0.2) is 5.82 Å². The summed E-state index contributed by atoms with van der Waals surface area (Å²) in [5.41, 5.74) is 2.11. The molecule has 1 aromatic carbocycles. The number of alkyl halides is 1. The molecule has 2 aromatic rings. The second kappa shape index (κ2) is 6.09. The highest BCUT2D eigenvalue weighted by molar-refractivity contribution is 6.16. The van der Waals surface area contributed by atoms with Crippen LogP contribution in [0.25, 0.3) is 0 Å². The Balaban J connectivity index is 1.63. The van der Waals surface area contributed by atoms with E-state index in [0.717, 1.165) is 37.7 Å². The molecule has 4 nitrogen and oxygen atoms in total. The van der Waals surface area contributed by atoms with Crippen molar-refractivity contribution < 1.29 is 0 Å². The van der Waals surface area contributed by atoms with Crippen molar-refractivity contribution in [1.29, 1.82) is 0 Å². The average molecular weight is 289 g/mol. The number of benzene rings is 1. The summed E-state index contributed by atoms with van der Waals surface area (Å²) in [7, 11) is 0. The quantitative estimate of drug-likeness (QED) is 0.813. The lowest BCUT2D eigenvalue weighted by molar-refractivity contribution is 0.643. The summed E-state index contributed by atoms with van der Waals surface area (Å²) in [5, 5.41) is 8.36. The van der Waals surface area contributed by atoms with Crippen LogP contribution >= 0.6 is 11.6 Å². The Morgan fingerprint density at radius 3 is 2.15 bits per heavy atom. The van der Waals surface area contributed by atoms with Gasteiger partial charge in [-0.15, -0.1) is 16.7 Å². The van der Waals surface area contributed by atoms with Gasteiger partial charge in [-0.05, 0) is 24.3 Å². The molecule has 0 saturated carbocycles. The Labute approximate surface area is 124 Å². The van der Waals surface area contributed by atoms with Crippen LogP contribution in [0.15, 0.2) is 42.5 Å². The lowest BCUT2D eigenvalue weighted by atomic mass is 10.2. The SMILES string of the molecule is ClCc1ccc(N2CCN(c3ccccc3)CC2)nn1. The minimum absolute atomic E-state index is 0.412. The normalized spacial score (nSPS) is 15.4. The van der Waals surface area contributed by atoms with Gasteiger partial charge in [-0.3, -0.25) is 0 Å². The Bertz CT molecular complexity index is 536. The second-order valence-corrected chi connectivity index (χ2v) is 5.09. The number of anilines is 2. The van der Waals surface area contributed by atoms with Gasteiger partial charge >= 0.3 is 0 Å². The molecule has 1 saturated heterocycles. The highest BCUT2D eigenvalue weighted by atomic mass is 35.5. The van der Waals surface area contributed by atoms with Crippen LogP contribution in [-0.4, -0.2) is 36.4 Å². The molecule has 0 N–H and O–H groups in total. The first-order valence-corrected chi connectivity index (χ1v) is 7.34. The van der Waals surface area contributed by atoms with Gasteiger partial charge < -0.3 is 9.80 Å². The summed E-state index contributed by atoms with van der Waals surface area (Å²) < 4.78 is 0. The fourth-order valence-corrected chi connectivity index (χ4v) is 2.57. The van der Waals surface area contributed by atoms with E-state index in [-0.39, 0.29) is 0 Å². The molecule has 1 fully saturated rings. The highest BCUT2D eigenvalue weighted by Crippen LogP contribution is 2.18. The van der Waals surface area contributed by atoms with Crippen LogP contribution < -0.4 is 9.80 Å². The molecule has 0 radical (unpaired) electrons. The van der Waals surface area contributed by atoms with Gasteiger partial charge in [-0.25, -0.2) is 0 Å². The molecule has 0 aliphatic carbocycles. The van der Waals surface area contributed by atoms with Crippen molar-refractivity contribution >= 4 is 23.1 Å². The minimum Gasteiger partial charge on any atom is -0.368 e. The van der Waals surface area contributed by atoms with E-state index in [2.05, 4.69) is 44.3 Å². The molecule has 1 aromatic heterocycles. The highest BCUT2D eigenvalue weighted by Gasteiger charge is 2.18. The molecule has 3 rings (SSSR count). The van der Waals surface area contributed by atoms with E-state index in [9.17, 15) is 0 Å². The maximum atomic E-state index is 5.73. The lowest BCUT2D eigenvalue weighted by Gasteiger charge is -2.36. The Kier molecular flexibility index (Phi) is 4.02. The van der Waals surface area contributed by atoms with Crippen molar-refractivity contribution in [3.05, 3.63) is 48.2 Å². The lowest BCUT2D eigenvalue weighted by Crippen LogP contribution is -2.46. The first kappa shape index (κ1) is 13.2. The van der Waals surface area contributed by atoms with Gasteiger partial charge in [0.1, 0.15) is 0 Å². The zero-order valence-electron chi connectivity index (χ0n) is 11.2. The molecule has 2 heterocycles. The third-order valence-electron chi connectivity index (χ3n) is 3.57. The minimum atomic E-state index is 0.412.